The number of anilines is 2. The van der Waals surface area contributed by atoms with E-state index in [0.717, 1.165) is 18.4 Å². The van der Waals surface area contributed by atoms with Crippen molar-refractivity contribution < 1.29 is 21.6 Å². The molecule has 10 nitrogen and oxygen atoms in total. The number of sulfonamides is 2. The zero-order chi connectivity index (χ0) is 23.6. The molecule has 0 saturated carbocycles. The SMILES string of the molecule is Cc1ccccc1C(=O)Nc1nnc(S(=O)(=O)Nc2ccc(S(=O)(=O)N3CCCC3)cc2)s1. The first-order chi connectivity index (χ1) is 15.7. The number of aryl methyl sites for hydroxylation is 1. The quantitative estimate of drug-likeness (QED) is 0.469. The molecule has 2 aromatic carbocycles. The van der Waals surface area contributed by atoms with E-state index in [2.05, 4.69) is 20.2 Å². The zero-order valence-corrected chi connectivity index (χ0v) is 20.0. The monoisotopic (exact) mass is 507 g/mol. The number of amides is 1. The maximum absolute atomic E-state index is 12.7. The third-order valence-corrected chi connectivity index (χ3v) is 9.56. The zero-order valence-electron chi connectivity index (χ0n) is 17.6. The molecule has 0 spiro atoms. The van der Waals surface area contributed by atoms with E-state index in [1.807, 2.05) is 6.07 Å². The second-order valence-electron chi connectivity index (χ2n) is 7.38. The highest BCUT2D eigenvalue weighted by Gasteiger charge is 2.27. The van der Waals surface area contributed by atoms with Gasteiger partial charge in [-0.15, -0.1) is 10.2 Å². The third kappa shape index (κ3) is 5.05. The number of aromatic nitrogens is 2. The van der Waals surface area contributed by atoms with Crippen molar-refractivity contribution in [3.8, 4) is 0 Å². The van der Waals surface area contributed by atoms with Gasteiger partial charge in [-0.25, -0.2) is 8.42 Å². The maximum Gasteiger partial charge on any atom is 0.291 e. The van der Waals surface area contributed by atoms with Crippen LogP contribution in [0.15, 0.2) is 57.8 Å². The van der Waals surface area contributed by atoms with E-state index in [4.69, 9.17) is 0 Å². The molecule has 1 aliphatic rings. The highest BCUT2D eigenvalue weighted by atomic mass is 32.2. The van der Waals surface area contributed by atoms with Gasteiger partial charge in [-0.1, -0.05) is 29.5 Å². The second kappa shape index (κ2) is 9.17. The molecule has 1 amide bonds. The van der Waals surface area contributed by atoms with Crippen molar-refractivity contribution in [2.24, 2.45) is 0 Å². The van der Waals surface area contributed by atoms with Crippen LogP contribution in [-0.2, 0) is 20.0 Å². The normalized spacial score (nSPS) is 14.8. The molecule has 0 radical (unpaired) electrons. The van der Waals surface area contributed by atoms with Crippen LogP contribution in [0.3, 0.4) is 0 Å². The average molecular weight is 508 g/mol. The Hall–Kier alpha value is -2.87. The van der Waals surface area contributed by atoms with Crippen LogP contribution in [0.5, 0.6) is 0 Å². The molecular formula is C20H21N5O5S3. The van der Waals surface area contributed by atoms with Gasteiger partial charge in [-0.2, -0.15) is 12.7 Å². The van der Waals surface area contributed by atoms with Gasteiger partial charge >= 0.3 is 0 Å². The topological polar surface area (TPSA) is 138 Å². The first-order valence-corrected chi connectivity index (χ1v) is 13.7. The van der Waals surface area contributed by atoms with Crippen LogP contribution in [0.1, 0.15) is 28.8 Å². The molecule has 1 aromatic heterocycles. The molecule has 3 aromatic rings. The molecule has 1 saturated heterocycles. The van der Waals surface area contributed by atoms with E-state index in [-0.39, 0.29) is 20.1 Å². The summed E-state index contributed by atoms with van der Waals surface area (Å²) in [5.41, 5.74) is 1.39. The van der Waals surface area contributed by atoms with Crippen LogP contribution < -0.4 is 10.0 Å². The Bertz CT molecular complexity index is 1380. The average Bonchev–Trinajstić information content (AvgIpc) is 3.47. The summed E-state index contributed by atoms with van der Waals surface area (Å²) in [6.45, 7) is 2.75. The molecule has 1 aliphatic heterocycles. The van der Waals surface area contributed by atoms with Crippen LogP contribution in [0.4, 0.5) is 10.8 Å². The van der Waals surface area contributed by atoms with Gasteiger partial charge < -0.3 is 0 Å². The standard InChI is InChI=1S/C20H21N5O5S3/c1-14-6-2-3-7-17(14)18(26)21-19-22-23-20(31-19)32(27,28)24-15-8-10-16(11-9-15)33(29,30)25-12-4-5-13-25/h2-3,6-11,24H,4-5,12-13H2,1H3,(H,21,22,26). The number of hydrogen-bond donors (Lipinski definition) is 2. The van der Waals surface area contributed by atoms with Gasteiger partial charge in [0.2, 0.25) is 15.2 Å². The molecule has 4 rings (SSSR count). The molecule has 13 heteroatoms. The maximum atomic E-state index is 12.7. The number of carbonyl (C=O) groups excluding carboxylic acids is 1. The number of hydrogen-bond acceptors (Lipinski definition) is 8. The molecule has 1 fully saturated rings. The molecule has 0 unspecified atom stereocenters. The van der Waals surface area contributed by atoms with Gasteiger partial charge in [0.25, 0.3) is 20.3 Å². The predicted octanol–water partition coefficient (Wildman–Crippen LogP) is 2.68. The Morgan fingerprint density at radius 2 is 1.64 bits per heavy atom. The molecule has 0 aliphatic carbocycles. The minimum atomic E-state index is -4.08. The lowest BCUT2D eigenvalue weighted by Crippen LogP contribution is -2.27. The van der Waals surface area contributed by atoms with Gasteiger partial charge in [0, 0.05) is 24.3 Å². The van der Waals surface area contributed by atoms with Crippen molar-refractivity contribution in [2.45, 2.75) is 29.0 Å². The van der Waals surface area contributed by atoms with Crippen LogP contribution in [0, 0.1) is 6.92 Å². The van der Waals surface area contributed by atoms with E-state index >= 15 is 0 Å². The highest BCUT2D eigenvalue weighted by molar-refractivity contribution is 7.94. The minimum Gasteiger partial charge on any atom is -0.296 e. The van der Waals surface area contributed by atoms with E-state index in [9.17, 15) is 21.6 Å². The first kappa shape index (κ1) is 23.3. The molecule has 2 N–H and O–H groups in total. The number of carbonyl (C=O) groups is 1. The number of benzene rings is 2. The summed E-state index contributed by atoms with van der Waals surface area (Å²) >= 11 is 0.705. The van der Waals surface area contributed by atoms with Crippen LogP contribution in [0.25, 0.3) is 0 Å². The minimum absolute atomic E-state index is 0.0377. The van der Waals surface area contributed by atoms with Gasteiger partial charge in [0.15, 0.2) is 0 Å². The molecule has 2 heterocycles. The summed E-state index contributed by atoms with van der Waals surface area (Å²) in [5.74, 6) is -0.420. The van der Waals surface area contributed by atoms with Crippen molar-refractivity contribution in [1.29, 1.82) is 0 Å². The van der Waals surface area contributed by atoms with Crippen molar-refractivity contribution in [3.63, 3.8) is 0 Å². The van der Waals surface area contributed by atoms with Crippen molar-refractivity contribution in [1.82, 2.24) is 14.5 Å². The number of nitrogens with one attached hydrogen (secondary N) is 2. The third-order valence-electron chi connectivity index (χ3n) is 5.06. The van der Waals surface area contributed by atoms with Crippen LogP contribution in [-0.4, -0.2) is 50.3 Å². The lowest BCUT2D eigenvalue weighted by molar-refractivity contribution is 0.102. The Labute approximate surface area is 195 Å². The molecule has 33 heavy (non-hydrogen) atoms. The molecular weight excluding hydrogens is 486 g/mol. The highest BCUT2D eigenvalue weighted by Crippen LogP contribution is 2.25. The largest absolute Gasteiger partial charge is 0.296 e. The summed E-state index contributed by atoms with van der Waals surface area (Å²) < 4.78 is 54.0. The van der Waals surface area contributed by atoms with Gasteiger partial charge in [-0.05, 0) is 55.7 Å². The molecule has 174 valence electrons. The summed E-state index contributed by atoms with van der Waals surface area (Å²) in [7, 11) is -7.67. The van der Waals surface area contributed by atoms with Crippen molar-refractivity contribution in [3.05, 3.63) is 59.7 Å². The second-order valence-corrected chi connectivity index (χ2v) is 12.2. The molecule has 0 bridgehead atoms. The Morgan fingerprint density at radius 3 is 2.30 bits per heavy atom. The van der Waals surface area contributed by atoms with Crippen molar-refractivity contribution >= 4 is 48.1 Å². The smallest absolute Gasteiger partial charge is 0.291 e. The summed E-state index contributed by atoms with van der Waals surface area (Å²) in [6, 6.07) is 12.4. The lowest BCUT2D eigenvalue weighted by atomic mass is 10.1. The fraction of sp³-hybridized carbons (Fsp3) is 0.250. The van der Waals surface area contributed by atoms with E-state index in [1.54, 1.807) is 25.1 Å². The lowest BCUT2D eigenvalue weighted by Gasteiger charge is -2.15. The summed E-state index contributed by atoms with van der Waals surface area (Å²) in [6.07, 6.45) is 1.65. The number of nitrogens with zero attached hydrogens (tertiary/aromatic N) is 3. The fourth-order valence-electron chi connectivity index (χ4n) is 3.33. The van der Waals surface area contributed by atoms with Gasteiger partial charge in [-0.3, -0.25) is 14.8 Å². The Morgan fingerprint density at radius 1 is 0.970 bits per heavy atom. The Balaban J connectivity index is 1.45. The van der Waals surface area contributed by atoms with Gasteiger partial charge in [0.05, 0.1) is 4.90 Å². The van der Waals surface area contributed by atoms with Crippen LogP contribution in [0.2, 0.25) is 0 Å². The van der Waals surface area contributed by atoms with E-state index in [0.29, 0.717) is 30.0 Å². The summed E-state index contributed by atoms with van der Waals surface area (Å²) in [4.78, 5) is 12.5. The first-order valence-electron chi connectivity index (χ1n) is 10.0. The fourth-order valence-corrected chi connectivity index (χ4v) is 6.80. The van der Waals surface area contributed by atoms with Gasteiger partial charge in [0.1, 0.15) is 0 Å². The number of rotatable bonds is 7. The van der Waals surface area contributed by atoms with E-state index < -0.39 is 26.0 Å². The predicted molar refractivity (Wildman–Crippen MR) is 124 cm³/mol. The Kier molecular flexibility index (Phi) is 6.47. The van der Waals surface area contributed by atoms with E-state index in [1.165, 1.54) is 28.6 Å². The van der Waals surface area contributed by atoms with Crippen LogP contribution >= 0.6 is 11.3 Å². The molecule has 0 atom stereocenters. The van der Waals surface area contributed by atoms with Crippen molar-refractivity contribution in [2.75, 3.05) is 23.1 Å². The summed E-state index contributed by atoms with van der Waals surface area (Å²) in [5, 5.41) is 9.99.